The Labute approximate surface area is 103 Å². The van der Waals surface area contributed by atoms with E-state index in [4.69, 9.17) is 4.52 Å². The third-order valence-corrected chi connectivity index (χ3v) is 3.38. The van der Waals surface area contributed by atoms with Gasteiger partial charge in [0.1, 0.15) is 0 Å². The van der Waals surface area contributed by atoms with Gasteiger partial charge < -0.3 is 9.84 Å². The zero-order valence-electron chi connectivity index (χ0n) is 11.3. The first kappa shape index (κ1) is 12.6. The molecule has 1 fully saturated rings. The summed E-state index contributed by atoms with van der Waals surface area (Å²) in [5.41, 5.74) is 0.208. The fraction of sp³-hybridized carbons (Fsp3) is 0.846. The standard InChI is InChI=1S/C13H23N3O/c1-13(2,3)8-11-15-12(17-16-11)9-6-5-7-10(9)14-4/h9-10,14H,5-8H2,1-4H3. The summed E-state index contributed by atoms with van der Waals surface area (Å²) < 4.78 is 5.43. The Balaban J connectivity index is 2.07. The van der Waals surface area contributed by atoms with Crippen molar-refractivity contribution >= 4 is 0 Å². The van der Waals surface area contributed by atoms with Gasteiger partial charge in [-0.25, -0.2) is 0 Å². The lowest BCUT2D eigenvalue weighted by atomic mass is 9.92. The van der Waals surface area contributed by atoms with Crippen LogP contribution in [0, 0.1) is 5.41 Å². The highest BCUT2D eigenvalue weighted by Gasteiger charge is 2.32. The SMILES string of the molecule is CNC1CCCC1c1nc(CC(C)(C)C)no1. The zero-order valence-corrected chi connectivity index (χ0v) is 11.3. The number of hydrogen-bond donors (Lipinski definition) is 1. The van der Waals surface area contributed by atoms with Gasteiger partial charge in [-0.15, -0.1) is 0 Å². The first-order chi connectivity index (χ1) is 7.99. The third kappa shape index (κ3) is 3.06. The first-order valence-corrected chi connectivity index (χ1v) is 6.49. The number of nitrogens with one attached hydrogen (secondary N) is 1. The van der Waals surface area contributed by atoms with Crippen molar-refractivity contribution in [3.63, 3.8) is 0 Å². The molecule has 0 bridgehead atoms. The lowest BCUT2D eigenvalue weighted by Gasteiger charge is -2.15. The molecule has 96 valence electrons. The van der Waals surface area contributed by atoms with E-state index in [2.05, 4.69) is 36.2 Å². The second-order valence-corrected chi connectivity index (χ2v) is 6.22. The quantitative estimate of drug-likeness (QED) is 0.877. The fourth-order valence-electron chi connectivity index (χ4n) is 2.57. The summed E-state index contributed by atoms with van der Waals surface area (Å²) in [5, 5.41) is 7.44. The van der Waals surface area contributed by atoms with Gasteiger partial charge in [0.2, 0.25) is 5.89 Å². The summed E-state index contributed by atoms with van der Waals surface area (Å²) in [4.78, 5) is 4.56. The van der Waals surface area contributed by atoms with E-state index in [1.54, 1.807) is 0 Å². The van der Waals surface area contributed by atoms with Gasteiger partial charge in [-0.3, -0.25) is 0 Å². The molecule has 4 heteroatoms. The molecule has 0 radical (unpaired) electrons. The highest BCUT2D eigenvalue weighted by molar-refractivity contribution is 5.03. The molecule has 1 aliphatic rings. The van der Waals surface area contributed by atoms with Crippen LogP contribution in [-0.2, 0) is 6.42 Å². The Morgan fingerprint density at radius 1 is 1.35 bits per heavy atom. The van der Waals surface area contributed by atoms with E-state index in [9.17, 15) is 0 Å². The van der Waals surface area contributed by atoms with E-state index >= 15 is 0 Å². The van der Waals surface area contributed by atoms with E-state index < -0.39 is 0 Å². The molecular formula is C13H23N3O. The van der Waals surface area contributed by atoms with Crippen LogP contribution >= 0.6 is 0 Å². The van der Waals surface area contributed by atoms with Crippen LogP contribution in [-0.4, -0.2) is 23.2 Å². The van der Waals surface area contributed by atoms with Crippen molar-refractivity contribution < 1.29 is 4.52 Å². The molecule has 1 aliphatic carbocycles. The summed E-state index contributed by atoms with van der Waals surface area (Å²) in [6, 6.07) is 0.498. The molecule has 0 saturated heterocycles. The van der Waals surface area contributed by atoms with Crippen LogP contribution in [0.5, 0.6) is 0 Å². The minimum absolute atomic E-state index is 0.208. The lowest BCUT2D eigenvalue weighted by Crippen LogP contribution is -2.27. The number of nitrogens with zero attached hydrogens (tertiary/aromatic N) is 2. The molecule has 2 atom stereocenters. The molecule has 2 unspecified atom stereocenters. The molecule has 1 saturated carbocycles. The van der Waals surface area contributed by atoms with Crippen molar-refractivity contribution in [1.29, 1.82) is 0 Å². The van der Waals surface area contributed by atoms with Gasteiger partial charge in [-0.1, -0.05) is 32.3 Å². The van der Waals surface area contributed by atoms with Crippen LogP contribution in [0.4, 0.5) is 0 Å². The molecule has 0 aromatic carbocycles. The molecular weight excluding hydrogens is 214 g/mol. The molecule has 1 N–H and O–H groups in total. The maximum atomic E-state index is 5.43. The van der Waals surface area contributed by atoms with Crippen molar-refractivity contribution in [1.82, 2.24) is 15.5 Å². The van der Waals surface area contributed by atoms with Crippen molar-refractivity contribution in [2.45, 2.75) is 58.4 Å². The van der Waals surface area contributed by atoms with E-state index in [0.717, 1.165) is 24.6 Å². The highest BCUT2D eigenvalue weighted by Crippen LogP contribution is 2.33. The molecule has 17 heavy (non-hydrogen) atoms. The molecule has 0 spiro atoms. The van der Waals surface area contributed by atoms with Gasteiger partial charge in [-0.05, 0) is 25.3 Å². The number of likely N-dealkylation sites (N-methyl/N-ethyl adjacent to an activating group) is 1. The number of hydrogen-bond acceptors (Lipinski definition) is 4. The van der Waals surface area contributed by atoms with E-state index in [0.29, 0.717) is 12.0 Å². The van der Waals surface area contributed by atoms with Gasteiger partial charge in [0.25, 0.3) is 0 Å². The Kier molecular flexibility index (Phi) is 3.52. The minimum atomic E-state index is 0.208. The fourth-order valence-corrected chi connectivity index (χ4v) is 2.57. The van der Waals surface area contributed by atoms with Gasteiger partial charge in [0.05, 0.1) is 5.92 Å². The molecule has 2 rings (SSSR count). The molecule has 4 nitrogen and oxygen atoms in total. The minimum Gasteiger partial charge on any atom is -0.339 e. The summed E-state index contributed by atoms with van der Waals surface area (Å²) >= 11 is 0. The number of aromatic nitrogens is 2. The topological polar surface area (TPSA) is 51.0 Å². The molecule has 1 heterocycles. The van der Waals surface area contributed by atoms with Crippen LogP contribution in [0.25, 0.3) is 0 Å². The maximum Gasteiger partial charge on any atom is 0.231 e. The van der Waals surface area contributed by atoms with Crippen LogP contribution in [0.1, 0.15) is 57.7 Å². The monoisotopic (exact) mass is 237 g/mol. The molecule has 1 aromatic rings. The Morgan fingerprint density at radius 2 is 2.12 bits per heavy atom. The largest absolute Gasteiger partial charge is 0.339 e. The lowest BCUT2D eigenvalue weighted by molar-refractivity contribution is 0.326. The Hall–Kier alpha value is -0.900. The van der Waals surface area contributed by atoms with E-state index in [-0.39, 0.29) is 5.41 Å². The zero-order chi connectivity index (χ0) is 12.5. The molecule has 0 amide bonds. The van der Waals surface area contributed by atoms with Gasteiger partial charge in [-0.2, -0.15) is 4.98 Å². The van der Waals surface area contributed by atoms with Gasteiger partial charge >= 0.3 is 0 Å². The highest BCUT2D eigenvalue weighted by atomic mass is 16.5. The van der Waals surface area contributed by atoms with Crippen molar-refractivity contribution in [2.75, 3.05) is 7.05 Å². The van der Waals surface area contributed by atoms with Crippen molar-refractivity contribution in [3.8, 4) is 0 Å². The van der Waals surface area contributed by atoms with Gasteiger partial charge in [0, 0.05) is 12.5 Å². The summed E-state index contributed by atoms with van der Waals surface area (Å²) in [5.74, 6) is 2.07. The number of rotatable bonds is 3. The van der Waals surface area contributed by atoms with E-state index in [1.807, 2.05) is 7.05 Å². The average molecular weight is 237 g/mol. The average Bonchev–Trinajstić information content (AvgIpc) is 2.81. The van der Waals surface area contributed by atoms with E-state index in [1.165, 1.54) is 12.8 Å². The van der Waals surface area contributed by atoms with Crippen LogP contribution < -0.4 is 5.32 Å². The second-order valence-electron chi connectivity index (χ2n) is 6.22. The first-order valence-electron chi connectivity index (χ1n) is 6.49. The van der Waals surface area contributed by atoms with Gasteiger partial charge in [0.15, 0.2) is 5.82 Å². The Morgan fingerprint density at radius 3 is 2.76 bits per heavy atom. The van der Waals surface area contributed by atoms with Crippen LogP contribution in [0.15, 0.2) is 4.52 Å². The smallest absolute Gasteiger partial charge is 0.231 e. The third-order valence-electron chi connectivity index (χ3n) is 3.38. The Bertz CT molecular complexity index is 367. The van der Waals surface area contributed by atoms with Crippen LogP contribution in [0.2, 0.25) is 0 Å². The van der Waals surface area contributed by atoms with Crippen LogP contribution in [0.3, 0.4) is 0 Å². The normalized spacial score (nSPS) is 25.4. The predicted molar refractivity (Wildman–Crippen MR) is 66.9 cm³/mol. The predicted octanol–water partition coefficient (Wildman–Crippen LogP) is 2.51. The van der Waals surface area contributed by atoms with Crippen molar-refractivity contribution in [3.05, 3.63) is 11.7 Å². The molecule has 0 aliphatic heterocycles. The summed E-state index contributed by atoms with van der Waals surface area (Å²) in [6.45, 7) is 6.57. The van der Waals surface area contributed by atoms with Crippen molar-refractivity contribution in [2.24, 2.45) is 5.41 Å². The summed E-state index contributed by atoms with van der Waals surface area (Å²) in [7, 11) is 2.01. The second kappa shape index (κ2) is 4.77. The maximum absolute atomic E-state index is 5.43. The summed E-state index contributed by atoms with van der Waals surface area (Å²) in [6.07, 6.45) is 4.47. The molecule has 1 aromatic heterocycles.